The van der Waals surface area contributed by atoms with E-state index in [1.807, 2.05) is 0 Å². The van der Waals surface area contributed by atoms with Crippen LogP contribution in [0.3, 0.4) is 0 Å². The highest BCUT2D eigenvalue weighted by Crippen LogP contribution is 2.19. The SMILES string of the molecule is O=C(O)C1(Cl)C=C[NH+]([O-])C=C1. The number of carboxylic acid groups (broad SMARTS) is 1. The second kappa shape index (κ2) is 2.65. The molecule has 2 N–H and O–H groups in total. The molecule has 0 aromatic carbocycles. The molecule has 0 amide bonds. The second-order valence-corrected chi connectivity index (χ2v) is 2.77. The lowest BCUT2D eigenvalue weighted by molar-refractivity contribution is -0.731. The molecule has 0 fully saturated rings. The Kier molecular flexibility index (Phi) is 1.99. The molecule has 0 spiro atoms. The first-order valence-electron chi connectivity index (χ1n) is 2.89. The highest BCUT2D eigenvalue weighted by molar-refractivity contribution is 6.36. The summed E-state index contributed by atoms with van der Waals surface area (Å²) in [6, 6.07) is 0. The van der Waals surface area contributed by atoms with Crippen LogP contribution in [0.5, 0.6) is 0 Å². The van der Waals surface area contributed by atoms with Gasteiger partial charge in [0.2, 0.25) is 0 Å². The van der Waals surface area contributed by atoms with Crippen molar-refractivity contribution < 1.29 is 15.0 Å². The van der Waals surface area contributed by atoms with E-state index in [9.17, 15) is 10.0 Å². The van der Waals surface area contributed by atoms with Crippen molar-refractivity contribution in [3.63, 3.8) is 0 Å². The molecule has 0 aliphatic carbocycles. The van der Waals surface area contributed by atoms with Gasteiger partial charge in [-0.2, -0.15) is 0 Å². The molecule has 11 heavy (non-hydrogen) atoms. The molecular formula is C6H6ClNO3. The van der Waals surface area contributed by atoms with E-state index >= 15 is 0 Å². The molecule has 0 aromatic rings. The van der Waals surface area contributed by atoms with Crippen LogP contribution < -0.4 is 5.06 Å². The predicted molar refractivity (Wildman–Crippen MR) is 38.8 cm³/mol. The van der Waals surface area contributed by atoms with Crippen molar-refractivity contribution in [2.45, 2.75) is 4.87 Å². The number of rotatable bonds is 1. The van der Waals surface area contributed by atoms with Crippen LogP contribution in [0.25, 0.3) is 0 Å². The first-order chi connectivity index (χ1) is 5.04. The second-order valence-electron chi connectivity index (χ2n) is 2.14. The van der Waals surface area contributed by atoms with E-state index < -0.39 is 10.8 Å². The molecular weight excluding hydrogens is 170 g/mol. The minimum absolute atomic E-state index is 0.248. The molecule has 0 aromatic heterocycles. The average Bonchev–Trinajstić information content (AvgIpc) is 1.95. The van der Waals surface area contributed by atoms with Crippen molar-refractivity contribution in [3.05, 3.63) is 29.8 Å². The summed E-state index contributed by atoms with van der Waals surface area (Å²) in [5.74, 6) is -1.18. The van der Waals surface area contributed by atoms with Gasteiger partial charge in [0.15, 0.2) is 4.87 Å². The molecule has 1 heterocycles. The number of carbonyl (C=O) groups is 1. The van der Waals surface area contributed by atoms with Crippen LogP contribution >= 0.6 is 11.6 Å². The zero-order valence-electron chi connectivity index (χ0n) is 5.45. The number of nitrogens with one attached hydrogen (secondary N) is 1. The van der Waals surface area contributed by atoms with E-state index in [0.29, 0.717) is 0 Å². The number of aliphatic carboxylic acids is 1. The van der Waals surface area contributed by atoms with E-state index in [-0.39, 0.29) is 5.06 Å². The first-order valence-corrected chi connectivity index (χ1v) is 3.27. The molecule has 1 aliphatic rings. The van der Waals surface area contributed by atoms with Crippen LogP contribution in [0.2, 0.25) is 0 Å². The Bertz CT molecular complexity index is 222. The summed E-state index contributed by atoms with van der Waals surface area (Å²) in [6.45, 7) is 0. The molecule has 0 saturated heterocycles. The quantitative estimate of drug-likeness (QED) is 0.416. The Morgan fingerprint density at radius 1 is 1.55 bits per heavy atom. The molecule has 60 valence electrons. The van der Waals surface area contributed by atoms with E-state index in [4.69, 9.17) is 16.7 Å². The maximum absolute atomic E-state index is 10.5. The van der Waals surface area contributed by atoms with Gasteiger partial charge < -0.3 is 15.4 Å². The van der Waals surface area contributed by atoms with Crippen molar-refractivity contribution in [1.29, 1.82) is 0 Å². The van der Waals surface area contributed by atoms with Crippen LogP contribution in [-0.2, 0) is 4.79 Å². The van der Waals surface area contributed by atoms with Crippen molar-refractivity contribution in [3.8, 4) is 0 Å². The van der Waals surface area contributed by atoms with Crippen molar-refractivity contribution in [2.75, 3.05) is 0 Å². The molecule has 0 saturated carbocycles. The Morgan fingerprint density at radius 2 is 2.00 bits per heavy atom. The minimum atomic E-state index is -1.53. The number of carboxylic acids is 1. The van der Waals surface area contributed by atoms with Gasteiger partial charge in [-0.3, -0.25) is 0 Å². The van der Waals surface area contributed by atoms with Crippen LogP contribution in [-0.4, -0.2) is 16.0 Å². The topological polar surface area (TPSA) is 64.8 Å². The fourth-order valence-corrected chi connectivity index (χ4v) is 0.786. The van der Waals surface area contributed by atoms with Gasteiger partial charge in [-0.05, 0) is 0 Å². The summed E-state index contributed by atoms with van der Waals surface area (Å²) >= 11 is 5.55. The molecule has 0 atom stereocenters. The molecule has 4 nitrogen and oxygen atoms in total. The first kappa shape index (κ1) is 8.26. The summed E-state index contributed by atoms with van der Waals surface area (Å²) in [4.78, 5) is 8.90. The van der Waals surface area contributed by atoms with Crippen LogP contribution in [0.4, 0.5) is 0 Å². The fraction of sp³-hybridized carbons (Fsp3) is 0.167. The fourth-order valence-electron chi connectivity index (χ4n) is 0.661. The lowest BCUT2D eigenvalue weighted by Gasteiger charge is -2.20. The molecule has 0 bridgehead atoms. The van der Waals surface area contributed by atoms with Crippen LogP contribution in [0.1, 0.15) is 0 Å². The van der Waals surface area contributed by atoms with E-state index in [1.165, 1.54) is 0 Å². The maximum atomic E-state index is 10.5. The highest BCUT2D eigenvalue weighted by Gasteiger charge is 2.33. The van der Waals surface area contributed by atoms with E-state index in [2.05, 4.69) is 0 Å². The van der Waals surface area contributed by atoms with Crippen molar-refractivity contribution in [1.82, 2.24) is 0 Å². The van der Waals surface area contributed by atoms with Gasteiger partial charge in [0.25, 0.3) is 0 Å². The molecule has 5 heteroatoms. The molecule has 1 aliphatic heterocycles. The number of alkyl halides is 1. The Hall–Kier alpha value is -0.840. The Morgan fingerprint density at radius 3 is 2.36 bits per heavy atom. The zero-order chi connectivity index (χ0) is 8.48. The van der Waals surface area contributed by atoms with Gasteiger partial charge in [-0.1, -0.05) is 11.6 Å². The zero-order valence-corrected chi connectivity index (χ0v) is 6.21. The van der Waals surface area contributed by atoms with E-state index in [0.717, 1.165) is 24.6 Å². The lowest BCUT2D eigenvalue weighted by Crippen LogP contribution is -2.97. The molecule has 0 unspecified atom stereocenters. The Labute approximate surface area is 67.9 Å². The van der Waals surface area contributed by atoms with Crippen LogP contribution in [0, 0.1) is 5.21 Å². The monoisotopic (exact) mass is 175 g/mol. The van der Waals surface area contributed by atoms with Gasteiger partial charge in [-0.25, -0.2) is 4.79 Å². The lowest BCUT2D eigenvalue weighted by atomic mass is 10.1. The summed E-state index contributed by atoms with van der Waals surface area (Å²) in [7, 11) is 0. The minimum Gasteiger partial charge on any atom is -0.624 e. The number of hydroxylamine groups is 2. The van der Waals surface area contributed by atoms with Gasteiger partial charge in [0.05, 0.1) is 12.4 Å². The third kappa shape index (κ3) is 1.59. The highest BCUT2D eigenvalue weighted by atomic mass is 35.5. The van der Waals surface area contributed by atoms with E-state index in [1.54, 1.807) is 0 Å². The summed E-state index contributed by atoms with van der Waals surface area (Å²) < 4.78 is 0. The normalized spacial score (nSPS) is 35.6. The van der Waals surface area contributed by atoms with Crippen molar-refractivity contribution in [2.24, 2.45) is 0 Å². The van der Waals surface area contributed by atoms with Gasteiger partial charge in [-0.15, -0.1) is 0 Å². The standard InChI is InChI=1S/C6H6ClNO3/c7-6(5(9)10)1-3-8(11)4-2-6/h1-4,8H,(H,9,10). The van der Waals surface area contributed by atoms with Gasteiger partial charge >= 0.3 is 5.97 Å². The summed E-state index contributed by atoms with van der Waals surface area (Å²) in [5.41, 5.74) is 0. The third-order valence-corrected chi connectivity index (χ3v) is 1.72. The maximum Gasteiger partial charge on any atom is 0.333 e. The molecule has 1 rings (SSSR count). The largest absolute Gasteiger partial charge is 0.624 e. The smallest absolute Gasteiger partial charge is 0.333 e. The van der Waals surface area contributed by atoms with Gasteiger partial charge in [0.1, 0.15) is 0 Å². The number of halogens is 1. The summed E-state index contributed by atoms with van der Waals surface area (Å²) in [5, 5.41) is 18.8. The summed E-state index contributed by atoms with van der Waals surface area (Å²) in [6.07, 6.45) is 4.58. The Balaban J connectivity index is 2.85. The predicted octanol–water partition coefficient (Wildman–Crippen LogP) is -0.528. The van der Waals surface area contributed by atoms with Crippen LogP contribution in [0.15, 0.2) is 24.6 Å². The number of hydrogen-bond donors (Lipinski definition) is 2. The third-order valence-electron chi connectivity index (χ3n) is 1.31. The molecule has 0 radical (unpaired) electrons. The van der Waals surface area contributed by atoms with Gasteiger partial charge in [0, 0.05) is 12.2 Å². The number of quaternary nitrogens is 1. The number of hydrogen-bond acceptors (Lipinski definition) is 2. The van der Waals surface area contributed by atoms with Crippen molar-refractivity contribution >= 4 is 17.6 Å². The average molecular weight is 176 g/mol.